The van der Waals surface area contributed by atoms with Crippen molar-refractivity contribution in [3.05, 3.63) is 62.7 Å². The summed E-state index contributed by atoms with van der Waals surface area (Å²) < 4.78 is 19.3. The number of nitrogens with zero attached hydrogens (tertiary/aromatic N) is 1. The maximum atomic E-state index is 13.2. The van der Waals surface area contributed by atoms with E-state index in [0.717, 1.165) is 31.0 Å². The minimum Gasteiger partial charge on any atom is -0.454 e. The van der Waals surface area contributed by atoms with Crippen LogP contribution in [0.25, 0.3) is 22.4 Å². The van der Waals surface area contributed by atoms with E-state index in [1.165, 1.54) is 23.3 Å². The monoisotopic (exact) mass is 401 g/mol. The fourth-order valence-corrected chi connectivity index (χ4v) is 4.24. The minimum atomic E-state index is -0.419. The Labute approximate surface area is 153 Å². The summed E-state index contributed by atoms with van der Waals surface area (Å²) in [6.07, 6.45) is 4.22. The van der Waals surface area contributed by atoms with Gasteiger partial charge in [0.05, 0.1) is 11.6 Å². The standard InChI is InChI=1S/C20H17BrFNO2/c1-10-19(24)18-16(25-20(10)15-7-6-13(22)9-23-15)8-12-4-3-5-14(12)17(18)11(2)21/h6-9,11H,3-5H2,1-2H3. The zero-order valence-electron chi connectivity index (χ0n) is 14.0. The summed E-state index contributed by atoms with van der Waals surface area (Å²) in [5.74, 6) is -0.0126. The van der Waals surface area contributed by atoms with Crippen LogP contribution in [-0.4, -0.2) is 4.98 Å². The number of hydrogen-bond acceptors (Lipinski definition) is 3. The maximum Gasteiger partial charge on any atom is 0.196 e. The summed E-state index contributed by atoms with van der Waals surface area (Å²) in [7, 11) is 0. The van der Waals surface area contributed by atoms with E-state index in [0.29, 0.717) is 28.0 Å². The van der Waals surface area contributed by atoms with Crippen LogP contribution >= 0.6 is 15.9 Å². The van der Waals surface area contributed by atoms with Crippen LogP contribution in [-0.2, 0) is 12.8 Å². The number of hydrogen-bond donors (Lipinski definition) is 0. The van der Waals surface area contributed by atoms with Gasteiger partial charge in [0.2, 0.25) is 0 Å². The van der Waals surface area contributed by atoms with Crippen molar-refractivity contribution in [1.82, 2.24) is 4.98 Å². The molecule has 1 aliphatic rings. The molecule has 0 N–H and O–H groups in total. The van der Waals surface area contributed by atoms with Crippen molar-refractivity contribution in [1.29, 1.82) is 0 Å². The van der Waals surface area contributed by atoms with Gasteiger partial charge in [0.1, 0.15) is 17.1 Å². The highest BCUT2D eigenvalue weighted by Crippen LogP contribution is 2.38. The van der Waals surface area contributed by atoms with Crippen LogP contribution in [0.2, 0.25) is 0 Å². The zero-order chi connectivity index (χ0) is 17.7. The number of alkyl halides is 1. The molecule has 25 heavy (non-hydrogen) atoms. The van der Waals surface area contributed by atoms with Gasteiger partial charge in [0.25, 0.3) is 0 Å². The lowest BCUT2D eigenvalue weighted by molar-refractivity contribution is 0.604. The molecule has 0 saturated heterocycles. The van der Waals surface area contributed by atoms with E-state index >= 15 is 0 Å². The Kier molecular flexibility index (Phi) is 3.99. The van der Waals surface area contributed by atoms with E-state index in [4.69, 9.17) is 4.42 Å². The molecule has 0 spiro atoms. The number of benzene rings is 1. The van der Waals surface area contributed by atoms with E-state index in [2.05, 4.69) is 20.9 Å². The van der Waals surface area contributed by atoms with Gasteiger partial charge in [-0.15, -0.1) is 0 Å². The molecule has 0 bridgehead atoms. The van der Waals surface area contributed by atoms with Crippen LogP contribution in [0.1, 0.15) is 40.4 Å². The summed E-state index contributed by atoms with van der Waals surface area (Å²) in [4.78, 5) is 17.3. The van der Waals surface area contributed by atoms with Crippen LogP contribution in [0, 0.1) is 12.7 Å². The van der Waals surface area contributed by atoms with Gasteiger partial charge in [-0.25, -0.2) is 9.37 Å². The Morgan fingerprint density at radius 2 is 2.12 bits per heavy atom. The van der Waals surface area contributed by atoms with E-state index < -0.39 is 5.82 Å². The smallest absolute Gasteiger partial charge is 0.196 e. The fraction of sp³-hybridized carbons (Fsp3) is 0.300. The number of fused-ring (bicyclic) bond motifs is 2. The molecule has 1 aliphatic carbocycles. The first-order chi connectivity index (χ1) is 12.0. The van der Waals surface area contributed by atoms with Crippen molar-refractivity contribution >= 4 is 26.9 Å². The Morgan fingerprint density at radius 3 is 2.80 bits per heavy atom. The third-order valence-corrected chi connectivity index (χ3v) is 5.34. The molecule has 0 fully saturated rings. The third kappa shape index (κ3) is 2.61. The van der Waals surface area contributed by atoms with Gasteiger partial charge in [-0.3, -0.25) is 4.79 Å². The van der Waals surface area contributed by atoms with Gasteiger partial charge in [-0.2, -0.15) is 0 Å². The molecule has 0 saturated carbocycles. The van der Waals surface area contributed by atoms with E-state index in [1.54, 1.807) is 6.92 Å². The van der Waals surface area contributed by atoms with Gasteiger partial charge in [-0.05, 0) is 68.0 Å². The van der Waals surface area contributed by atoms with Crippen LogP contribution in [0.5, 0.6) is 0 Å². The largest absolute Gasteiger partial charge is 0.454 e. The van der Waals surface area contributed by atoms with Gasteiger partial charge in [-0.1, -0.05) is 15.9 Å². The molecule has 0 radical (unpaired) electrons. The second-order valence-corrected chi connectivity index (χ2v) is 7.89. The molecule has 0 aliphatic heterocycles. The molecule has 3 aromatic rings. The quantitative estimate of drug-likeness (QED) is 0.550. The minimum absolute atomic E-state index is 0.0432. The summed E-state index contributed by atoms with van der Waals surface area (Å²) in [6.45, 7) is 3.78. The molecule has 1 unspecified atom stereocenters. The van der Waals surface area contributed by atoms with Crippen LogP contribution in [0.4, 0.5) is 4.39 Å². The summed E-state index contributed by atoms with van der Waals surface area (Å²) in [6, 6.07) is 4.85. The van der Waals surface area contributed by atoms with Gasteiger partial charge in [0.15, 0.2) is 11.2 Å². The lowest BCUT2D eigenvalue weighted by atomic mass is 9.95. The summed E-state index contributed by atoms with van der Waals surface area (Å²) >= 11 is 3.65. The molecule has 128 valence electrons. The number of halogens is 2. The Balaban J connectivity index is 2.07. The van der Waals surface area contributed by atoms with Crippen molar-refractivity contribution < 1.29 is 8.81 Å². The third-order valence-electron chi connectivity index (χ3n) is 4.88. The highest BCUT2D eigenvalue weighted by molar-refractivity contribution is 9.09. The number of aryl methyl sites for hydroxylation is 1. The van der Waals surface area contributed by atoms with E-state index in [-0.39, 0.29) is 10.3 Å². The van der Waals surface area contributed by atoms with Crippen molar-refractivity contribution in [2.75, 3.05) is 0 Å². The first-order valence-electron chi connectivity index (χ1n) is 8.35. The average molecular weight is 402 g/mol. The highest BCUT2D eigenvalue weighted by Gasteiger charge is 2.25. The van der Waals surface area contributed by atoms with Crippen LogP contribution < -0.4 is 5.43 Å². The topological polar surface area (TPSA) is 43.1 Å². The molecule has 3 nitrogen and oxygen atoms in total. The van der Waals surface area contributed by atoms with Crippen molar-refractivity contribution in [2.24, 2.45) is 0 Å². The molecule has 0 amide bonds. The molecule has 2 aromatic heterocycles. The molecule has 4 rings (SSSR count). The Hall–Kier alpha value is -2.01. The number of rotatable bonds is 2. The van der Waals surface area contributed by atoms with Gasteiger partial charge < -0.3 is 4.42 Å². The van der Waals surface area contributed by atoms with Crippen molar-refractivity contribution in [2.45, 2.75) is 37.9 Å². The van der Waals surface area contributed by atoms with Crippen LogP contribution in [0.3, 0.4) is 0 Å². The van der Waals surface area contributed by atoms with Gasteiger partial charge >= 0.3 is 0 Å². The van der Waals surface area contributed by atoms with Crippen molar-refractivity contribution in [3.63, 3.8) is 0 Å². The van der Waals surface area contributed by atoms with Crippen LogP contribution in [0.15, 0.2) is 33.6 Å². The molecular weight excluding hydrogens is 385 g/mol. The number of pyridine rings is 1. The molecule has 5 heteroatoms. The Bertz CT molecular complexity index is 1040. The summed E-state index contributed by atoms with van der Waals surface area (Å²) in [5, 5.41) is 0.647. The molecular formula is C20H17BrFNO2. The first-order valence-corrected chi connectivity index (χ1v) is 9.27. The predicted molar refractivity (Wildman–Crippen MR) is 99.8 cm³/mol. The molecule has 1 aromatic carbocycles. The lowest BCUT2D eigenvalue weighted by Gasteiger charge is -2.16. The Morgan fingerprint density at radius 1 is 1.32 bits per heavy atom. The lowest BCUT2D eigenvalue weighted by Crippen LogP contribution is -2.12. The predicted octanol–water partition coefficient (Wildman–Crippen LogP) is 5.25. The second kappa shape index (κ2) is 6.06. The van der Waals surface area contributed by atoms with E-state index in [9.17, 15) is 9.18 Å². The van der Waals surface area contributed by atoms with E-state index in [1.807, 2.05) is 13.0 Å². The fourth-order valence-electron chi connectivity index (χ4n) is 3.73. The first kappa shape index (κ1) is 16.5. The van der Waals surface area contributed by atoms with Crippen molar-refractivity contribution in [3.8, 4) is 11.5 Å². The normalized spacial score (nSPS) is 14.7. The zero-order valence-corrected chi connectivity index (χ0v) is 15.6. The second-order valence-electron chi connectivity index (χ2n) is 6.52. The maximum absolute atomic E-state index is 13.2. The highest BCUT2D eigenvalue weighted by atomic mass is 79.9. The molecule has 1 atom stereocenters. The SMILES string of the molecule is Cc1c(-c2ccc(F)cn2)oc2cc3c(c(C(C)Br)c2c1=O)CCC3. The summed E-state index contributed by atoms with van der Waals surface area (Å²) in [5.41, 5.74) is 5.07. The van der Waals surface area contributed by atoms with Gasteiger partial charge in [0, 0.05) is 10.4 Å². The average Bonchev–Trinajstić information content (AvgIpc) is 3.05. The molecule has 2 heterocycles. The number of aromatic nitrogens is 1.